The minimum absolute atomic E-state index is 0.122. The molecule has 22 heavy (non-hydrogen) atoms. The molecule has 126 valence electrons. The summed E-state index contributed by atoms with van der Waals surface area (Å²) in [6, 6.07) is -1.21. The molecule has 0 aliphatic heterocycles. The Morgan fingerprint density at radius 3 is 2.27 bits per heavy atom. The molecule has 0 rings (SSSR count). The highest BCUT2D eigenvalue weighted by Gasteiger charge is 2.23. The fourth-order valence-electron chi connectivity index (χ4n) is 1.18. The fraction of sp³-hybridized carbons (Fsp3) is 0.643. The second-order valence-electron chi connectivity index (χ2n) is 5.35. The van der Waals surface area contributed by atoms with Crippen LogP contribution in [0.3, 0.4) is 0 Å². The van der Waals surface area contributed by atoms with Gasteiger partial charge in [-0.15, -0.1) is 0 Å². The molecule has 0 aliphatic carbocycles. The summed E-state index contributed by atoms with van der Waals surface area (Å²) in [5.41, 5.74) is -0.715. The molecule has 0 heterocycles. The first kappa shape index (κ1) is 19.9. The van der Waals surface area contributed by atoms with Gasteiger partial charge >= 0.3 is 18.0 Å². The minimum Gasteiger partial charge on any atom is -0.480 e. The van der Waals surface area contributed by atoms with E-state index in [4.69, 9.17) is 14.6 Å². The minimum atomic E-state index is -1.23. The zero-order chi connectivity index (χ0) is 17.2. The van der Waals surface area contributed by atoms with Crippen LogP contribution < -0.4 is 5.32 Å². The highest BCUT2D eigenvalue weighted by atomic mass is 16.6. The van der Waals surface area contributed by atoms with Crippen molar-refractivity contribution in [2.75, 3.05) is 19.8 Å². The lowest BCUT2D eigenvalue weighted by Gasteiger charge is -2.21. The number of aliphatic carboxylic acids is 1. The summed E-state index contributed by atoms with van der Waals surface area (Å²) in [5, 5.41) is 11.2. The van der Waals surface area contributed by atoms with Gasteiger partial charge in [0.1, 0.15) is 12.2 Å². The van der Waals surface area contributed by atoms with Gasteiger partial charge in [0.15, 0.2) is 6.04 Å². The molecule has 0 unspecified atom stereocenters. The van der Waals surface area contributed by atoms with Crippen LogP contribution in [0.15, 0.2) is 12.2 Å². The molecular formula is C14H23NO7. The van der Waals surface area contributed by atoms with Crippen molar-refractivity contribution in [3.05, 3.63) is 12.2 Å². The SMILES string of the molecule is CC(=O)OCC=CCOC[C@H](NC(=O)OC(C)(C)C)C(=O)O. The Balaban J connectivity index is 4.08. The molecule has 0 fully saturated rings. The van der Waals surface area contributed by atoms with Gasteiger partial charge in [-0.2, -0.15) is 0 Å². The summed E-state index contributed by atoms with van der Waals surface area (Å²) in [5.74, 6) is -1.62. The number of carbonyl (C=O) groups is 3. The highest BCUT2D eigenvalue weighted by Crippen LogP contribution is 2.06. The van der Waals surface area contributed by atoms with Crippen molar-refractivity contribution in [1.29, 1.82) is 0 Å². The number of nitrogens with one attached hydrogen (secondary N) is 1. The molecule has 2 N–H and O–H groups in total. The summed E-state index contributed by atoms with van der Waals surface area (Å²) >= 11 is 0. The van der Waals surface area contributed by atoms with E-state index in [2.05, 4.69) is 10.1 Å². The second-order valence-corrected chi connectivity index (χ2v) is 5.35. The molecule has 8 heteroatoms. The number of carboxylic acids is 1. The lowest BCUT2D eigenvalue weighted by molar-refractivity contribution is -0.141. The Labute approximate surface area is 129 Å². The number of ether oxygens (including phenoxy) is 3. The number of alkyl carbamates (subject to hydrolysis) is 1. The number of esters is 1. The molecule has 0 bridgehead atoms. The number of amides is 1. The first-order valence-electron chi connectivity index (χ1n) is 6.70. The van der Waals surface area contributed by atoms with E-state index in [9.17, 15) is 14.4 Å². The Bertz CT molecular complexity index is 412. The average Bonchev–Trinajstić information content (AvgIpc) is 2.33. The van der Waals surface area contributed by atoms with Crippen LogP contribution >= 0.6 is 0 Å². The zero-order valence-corrected chi connectivity index (χ0v) is 13.3. The third-order valence-electron chi connectivity index (χ3n) is 2.04. The molecule has 0 aromatic rings. The van der Waals surface area contributed by atoms with Crippen LogP contribution in [0.5, 0.6) is 0 Å². The van der Waals surface area contributed by atoms with E-state index in [0.717, 1.165) is 0 Å². The van der Waals surface area contributed by atoms with Crippen molar-refractivity contribution in [3.8, 4) is 0 Å². The average molecular weight is 317 g/mol. The maximum atomic E-state index is 11.5. The predicted molar refractivity (Wildman–Crippen MR) is 77.4 cm³/mol. The van der Waals surface area contributed by atoms with E-state index < -0.39 is 29.7 Å². The van der Waals surface area contributed by atoms with E-state index in [1.807, 2.05) is 0 Å². The largest absolute Gasteiger partial charge is 0.480 e. The van der Waals surface area contributed by atoms with Gasteiger partial charge in [0.05, 0.1) is 13.2 Å². The molecule has 0 spiro atoms. The first-order valence-corrected chi connectivity index (χ1v) is 6.70. The van der Waals surface area contributed by atoms with Crippen LogP contribution in [0.4, 0.5) is 4.79 Å². The maximum Gasteiger partial charge on any atom is 0.408 e. The molecule has 1 atom stereocenters. The van der Waals surface area contributed by atoms with E-state index in [0.29, 0.717) is 0 Å². The molecule has 1 amide bonds. The van der Waals surface area contributed by atoms with E-state index in [1.54, 1.807) is 32.9 Å². The van der Waals surface area contributed by atoms with Crippen LogP contribution in [0, 0.1) is 0 Å². The maximum absolute atomic E-state index is 11.5. The number of carbonyl (C=O) groups excluding carboxylic acids is 2. The Hall–Kier alpha value is -2.09. The molecule has 0 aliphatic rings. The Morgan fingerprint density at radius 2 is 1.77 bits per heavy atom. The molecular weight excluding hydrogens is 294 g/mol. The van der Waals surface area contributed by atoms with Crippen LogP contribution in [0.25, 0.3) is 0 Å². The standard InChI is InChI=1S/C14H23NO7/c1-10(16)21-8-6-5-7-20-9-11(12(17)18)15-13(19)22-14(2,3)4/h5-6,11H,7-9H2,1-4H3,(H,15,19)(H,17,18)/t11-/m0/s1. The zero-order valence-electron chi connectivity index (χ0n) is 13.3. The van der Waals surface area contributed by atoms with Crippen molar-refractivity contribution < 1.29 is 33.7 Å². The van der Waals surface area contributed by atoms with Crippen molar-refractivity contribution in [2.45, 2.75) is 39.3 Å². The first-order chi connectivity index (χ1) is 10.1. The smallest absolute Gasteiger partial charge is 0.408 e. The van der Waals surface area contributed by atoms with Crippen molar-refractivity contribution in [1.82, 2.24) is 5.32 Å². The third kappa shape index (κ3) is 11.7. The molecule has 0 aromatic carbocycles. The normalized spacial score (nSPS) is 12.7. The molecule has 0 aromatic heterocycles. The highest BCUT2D eigenvalue weighted by molar-refractivity contribution is 5.80. The van der Waals surface area contributed by atoms with Gasteiger partial charge in [0, 0.05) is 6.92 Å². The summed E-state index contributed by atoms with van der Waals surface area (Å²) in [6.07, 6.45) is 2.32. The van der Waals surface area contributed by atoms with Crippen molar-refractivity contribution in [2.24, 2.45) is 0 Å². The lowest BCUT2D eigenvalue weighted by atomic mass is 10.2. The van der Waals surface area contributed by atoms with Crippen LogP contribution in [0.2, 0.25) is 0 Å². The van der Waals surface area contributed by atoms with E-state index >= 15 is 0 Å². The predicted octanol–water partition coefficient (Wildman–Crippen LogP) is 1.10. The van der Waals surface area contributed by atoms with E-state index in [1.165, 1.54) is 6.92 Å². The van der Waals surface area contributed by atoms with Gasteiger partial charge < -0.3 is 24.6 Å². The van der Waals surface area contributed by atoms with Gasteiger partial charge in [-0.05, 0) is 26.8 Å². The Morgan fingerprint density at radius 1 is 1.18 bits per heavy atom. The molecule has 0 saturated heterocycles. The number of rotatable bonds is 8. The Kier molecular flexibility index (Phi) is 8.85. The fourth-order valence-corrected chi connectivity index (χ4v) is 1.18. The number of hydrogen-bond acceptors (Lipinski definition) is 6. The van der Waals surface area contributed by atoms with Gasteiger partial charge in [0.25, 0.3) is 0 Å². The monoisotopic (exact) mass is 317 g/mol. The van der Waals surface area contributed by atoms with Crippen LogP contribution in [-0.2, 0) is 23.8 Å². The molecule has 0 radical (unpaired) electrons. The summed E-state index contributed by atoms with van der Waals surface area (Å²) < 4.78 is 14.7. The summed E-state index contributed by atoms with van der Waals surface area (Å²) in [7, 11) is 0. The van der Waals surface area contributed by atoms with Gasteiger partial charge in [-0.3, -0.25) is 4.79 Å². The van der Waals surface area contributed by atoms with Crippen molar-refractivity contribution >= 4 is 18.0 Å². The van der Waals surface area contributed by atoms with Crippen LogP contribution in [-0.4, -0.2) is 54.6 Å². The van der Waals surface area contributed by atoms with E-state index in [-0.39, 0.29) is 19.8 Å². The topological polar surface area (TPSA) is 111 Å². The molecule has 8 nitrogen and oxygen atoms in total. The quantitative estimate of drug-likeness (QED) is 0.392. The second kappa shape index (κ2) is 9.78. The third-order valence-corrected chi connectivity index (χ3v) is 2.04. The van der Waals surface area contributed by atoms with Gasteiger partial charge in [-0.25, -0.2) is 9.59 Å². The van der Waals surface area contributed by atoms with Gasteiger partial charge in [-0.1, -0.05) is 6.08 Å². The lowest BCUT2D eigenvalue weighted by Crippen LogP contribution is -2.46. The van der Waals surface area contributed by atoms with Gasteiger partial charge in [0.2, 0.25) is 0 Å². The summed E-state index contributed by atoms with van der Waals surface area (Å²) in [4.78, 5) is 33.0. The summed E-state index contributed by atoms with van der Waals surface area (Å²) in [6.45, 7) is 6.35. The van der Waals surface area contributed by atoms with Crippen LogP contribution in [0.1, 0.15) is 27.7 Å². The molecule has 0 saturated carbocycles. The number of hydrogen-bond donors (Lipinski definition) is 2. The van der Waals surface area contributed by atoms with Crippen molar-refractivity contribution in [3.63, 3.8) is 0 Å². The number of carboxylic acid groups (broad SMARTS) is 1.